The summed E-state index contributed by atoms with van der Waals surface area (Å²) in [6, 6.07) is 17.9. The first-order valence-corrected chi connectivity index (χ1v) is 11.7. The number of thioether (sulfide) groups is 1. The molecule has 0 radical (unpaired) electrons. The largest absolute Gasteiger partial charge is 0.481 e. The Morgan fingerprint density at radius 3 is 2.32 bits per heavy atom. The number of para-hydroxylation sites is 1. The van der Waals surface area contributed by atoms with Gasteiger partial charge in [0.25, 0.3) is 0 Å². The zero-order valence-corrected chi connectivity index (χ0v) is 20.7. The molecule has 0 aliphatic heterocycles. The van der Waals surface area contributed by atoms with Crippen molar-refractivity contribution in [1.29, 1.82) is 5.26 Å². The molecular weight excluding hydrogens is 453 g/mol. The molecule has 1 aliphatic rings. The monoisotopic (exact) mass is 481 g/mol. The van der Waals surface area contributed by atoms with E-state index < -0.39 is 44.3 Å². The van der Waals surface area contributed by atoms with Crippen molar-refractivity contribution in [3.63, 3.8) is 0 Å². The maximum absolute atomic E-state index is 14.8. The molecule has 1 aliphatic carbocycles. The predicted octanol–water partition coefficient (Wildman–Crippen LogP) is 6.72. The lowest BCUT2D eigenvalue weighted by molar-refractivity contribution is -0.145. The summed E-state index contributed by atoms with van der Waals surface area (Å²) in [6.07, 6.45) is 1.09. The zero-order chi connectivity index (χ0) is 25.3. The van der Waals surface area contributed by atoms with E-state index in [2.05, 4.69) is 6.07 Å². The second-order valence-electron chi connectivity index (χ2n) is 9.94. The molecule has 1 N–H and O–H groups in total. The van der Waals surface area contributed by atoms with Crippen LogP contribution in [0.5, 0.6) is 11.5 Å². The summed E-state index contributed by atoms with van der Waals surface area (Å²) < 4.78 is 20.2. The summed E-state index contributed by atoms with van der Waals surface area (Å²) in [7, 11) is 0. The van der Waals surface area contributed by atoms with Crippen molar-refractivity contribution in [3.05, 3.63) is 72.1 Å². The third-order valence-corrected chi connectivity index (χ3v) is 7.26. The van der Waals surface area contributed by atoms with Gasteiger partial charge in [0.1, 0.15) is 16.9 Å². The number of rotatable bonds is 7. The van der Waals surface area contributed by atoms with E-state index in [4.69, 9.17) is 4.74 Å². The lowest BCUT2D eigenvalue weighted by Gasteiger charge is -2.22. The summed E-state index contributed by atoms with van der Waals surface area (Å²) >= 11 is 0.845. The quantitative estimate of drug-likeness (QED) is 0.442. The molecule has 0 heterocycles. The van der Waals surface area contributed by atoms with Crippen LogP contribution < -0.4 is 4.74 Å². The van der Waals surface area contributed by atoms with Crippen LogP contribution in [-0.2, 0) is 9.59 Å². The number of halogens is 1. The van der Waals surface area contributed by atoms with Gasteiger partial charge in [0.05, 0.1) is 12.0 Å². The Balaban J connectivity index is 1.98. The maximum atomic E-state index is 14.8. The standard InChI is InChI=1S/C27H28FNO4S/c1-25(2,3)34-23(30)21(28)15-22-26(4,5)27(22,24(31)32)20(16-29)17-10-9-13-19(14-17)33-18-11-7-6-8-12-18/h6-15,20,22H,1-5H3,(H,31,32)/t20-,22-,27+/m0/s1. The van der Waals surface area contributed by atoms with E-state index in [9.17, 15) is 24.3 Å². The highest BCUT2D eigenvalue weighted by atomic mass is 32.2. The van der Waals surface area contributed by atoms with Crippen molar-refractivity contribution < 1.29 is 23.8 Å². The van der Waals surface area contributed by atoms with Crippen LogP contribution in [0.15, 0.2) is 66.5 Å². The molecule has 5 nitrogen and oxygen atoms in total. The van der Waals surface area contributed by atoms with Crippen LogP contribution in [0.1, 0.15) is 46.1 Å². The number of ether oxygens (including phenoxy) is 1. The molecule has 1 fully saturated rings. The summed E-state index contributed by atoms with van der Waals surface area (Å²) in [5.41, 5.74) is -2.10. The Morgan fingerprint density at radius 1 is 1.15 bits per heavy atom. The fourth-order valence-electron chi connectivity index (χ4n) is 4.62. The first-order valence-electron chi connectivity index (χ1n) is 10.9. The molecule has 0 bridgehead atoms. The second kappa shape index (κ2) is 9.27. The van der Waals surface area contributed by atoms with Crippen molar-refractivity contribution in [2.75, 3.05) is 0 Å². The number of nitrogens with zero attached hydrogens (tertiary/aromatic N) is 1. The molecule has 0 unspecified atom stereocenters. The van der Waals surface area contributed by atoms with E-state index in [1.54, 1.807) is 71.0 Å². The van der Waals surface area contributed by atoms with Gasteiger partial charge in [0, 0.05) is 10.7 Å². The summed E-state index contributed by atoms with van der Waals surface area (Å²) in [5.74, 6) is -3.06. The van der Waals surface area contributed by atoms with Crippen LogP contribution >= 0.6 is 11.8 Å². The fourth-order valence-corrected chi connectivity index (χ4v) is 5.35. The van der Waals surface area contributed by atoms with Crippen molar-refractivity contribution in [3.8, 4) is 17.6 Å². The molecule has 34 heavy (non-hydrogen) atoms. The number of carboxylic acid groups (broad SMARTS) is 1. The Hall–Kier alpha value is -3.11. The van der Waals surface area contributed by atoms with E-state index >= 15 is 0 Å². The Labute approximate surface area is 203 Å². The Morgan fingerprint density at radius 2 is 1.76 bits per heavy atom. The van der Waals surface area contributed by atoms with Gasteiger partial charge in [-0.3, -0.25) is 9.59 Å². The number of carboxylic acids is 1. The van der Waals surface area contributed by atoms with Crippen molar-refractivity contribution in [1.82, 2.24) is 0 Å². The number of allylic oxidation sites excluding steroid dienone is 1. The molecule has 178 valence electrons. The normalized spacial score (nSPS) is 22.4. The second-order valence-corrected chi connectivity index (χ2v) is 11.7. The van der Waals surface area contributed by atoms with Crippen molar-refractivity contribution in [2.24, 2.45) is 16.7 Å². The third kappa shape index (κ3) is 4.74. The van der Waals surface area contributed by atoms with E-state index in [0.29, 0.717) is 17.1 Å². The van der Waals surface area contributed by atoms with E-state index in [1.807, 2.05) is 18.2 Å². The van der Waals surface area contributed by atoms with E-state index in [0.717, 1.165) is 17.8 Å². The van der Waals surface area contributed by atoms with Gasteiger partial charge in [0.2, 0.25) is 5.12 Å². The zero-order valence-electron chi connectivity index (χ0n) is 19.8. The molecule has 2 aromatic rings. The minimum absolute atomic E-state index is 0.456. The van der Waals surface area contributed by atoms with Gasteiger partial charge in [-0.2, -0.15) is 5.26 Å². The molecule has 3 rings (SSSR count). The van der Waals surface area contributed by atoms with Crippen LogP contribution in [0.4, 0.5) is 4.39 Å². The van der Waals surface area contributed by atoms with Gasteiger partial charge in [-0.1, -0.05) is 76.7 Å². The van der Waals surface area contributed by atoms with Crippen molar-refractivity contribution >= 4 is 22.8 Å². The fraction of sp³-hybridized carbons (Fsp3) is 0.370. The lowest BCUT2D eigenvalue weighted by atomic mass is 9.78. The molecule has 0 saturated heterocycles. The molecule has 0 amide bonds. The van der Waals surface area contributed by atoms with Crippen LogP contribution in [0.2, 0.25) is 0 Å². The molecule has 2 aromatic carbocycles. The third-order valence-electron chi connectivity index (χ3n) is 6.27. The molecule has 1 saturated carbocycles. The molecule has 0 spiro atoms. The number of carbonyl (C=O) groups excluding carboxylic acids is 1. The minimum atomic E-state index is -1.60. The molecule has 0 aromatic heterocycles. The summed E-state index contributed by atoms with van der Waals surface area (Å²) in [6.45, 7) is 8.75. The van der Waals surface area contributed by atoms with Crippen molar-refractivity contribution in [2.45, 2.75) is 45.3 Å². The SMILES string of the molecule is CC(C)(C)SC(=O)C(F)=C[C@H]1C(C)(C)[C@]1(C(=O)O)[C@@H](C#N)c1cccc(Oc2ccccc2)c1. The average molecular weight is 482 g/mol. The number of hydrogen-bond donors (Lipinski definition) is 1. The highest BCUT2D eigenvalue weighted by molar-refractivity contribution is 8.15. The van der Waals surface area contributed by atoms with Crippen LogP contribution in [0.3, 0.4) is 0 Å². The molecule has 3 atom stereocenters. The maximum Gasteiger partial charge on any atom is 0.312 e. The van der Waals surface area contributed by atoms with Crippen LogP contribution in [0, 0.1) is 28.1 Å². The molecule has 7 heteroatoms. The van der Waals surface area contributed by atoms with Crippen LogP contribution in [-0.4, -0.2) is 20.9 Å². The first kappa shape index (κ1) is 25.5. The summed E-state index contributed by atoms with van der Waals surface area (Å²) in [5, 5.41) is 19.6. The molecular formula is C27H28FNO4S. The average Bonchev–Trinajstić information content (AvgIpc) is 3.23. The van der Waals surface area contributed by atoms with Gasteiger partial charge < -0.3 is 9.84 Å². The van der Waals surface area contributed by atoms with Gasteiger partial charge in [-0.15, -0.1) is 0 Å². The highest BCUT2D eigenvalue weighted by Gasteiger charge is 2.78. The topological polar surface area (TPSA) is 87.4 Å². The summed E-state index contributed by atoms with van der Waals surface area (Å²) in [4.78, 5) is 24.9. The number of nitriles is 1. The smallest absolute Gasteiger partial charge is 0.312 e. The van der Waals surface area contributed by atoms with Gasteiger partial charge >= 0.3 is 5.97 Å². The number of benzene rings is 2. The Bertz CT molecular complexity index is 1160. The van der Waals surface area contributed by atoms with Gasteiger partial charge in [-0.05, 0) is 41.3 Å². The highest BCUT2D eigenvalue weighted by Crippen LogP contribution is 2.75. The van der Waals surface area contributed by atoms with Crippen LogP contribution in [0.25, 0.3) is 0 Å². The number of hydrogen-bond acceptors (Lipinski definition) is 5. The first-order chi connectivity index (χ1) is 15.8. The van der Waals surface area contributed by atoms with E-state index in [1.165, 1.54) is 0 Å². The predicted molar refractivity (Wildman–Crippen MR) is 130 cm³/mol. The lowest BCUT2D eigenvalue weighted by Crippen LogP contribution is -2.28. The number of carbonyl (C=O) groups is 2. The van der Waals surface area contributed by atoms with Gasteiger partial charge in [-0.25, -0.2) is 4.39 Å². The Kier molecular flexibility index (Phi) is 6.95. The van der Waals surface area contributed by atoms with Gasteiger partial charge in [0.15, 0.2) is 5.83 Å². The van der Waals surface area contributed by atoms with E-state index in [-0.39, 0.29) is 0 Å². The number of aliphatic carboxylic acids is 1. The minimum Gasteiger partial charge on any atom is -0.481 e.